The Labute approximate surface area is 93.4 Å². The molecule has 82 valence electrons. The van der Waals surface area contributed by atoms with Crippen molar-refractivity contribution in [3.05, 3.63) is 24.3 Å². The van der Waals surface area contributed by atoms with Gasteiger partial charge in [0.1, 0.15) is 10.5 Å². The number of carboxylic acid groups (broad SMARTS) is 1. The summed E-state index contributed by atoms with van der Waals surface area (Å²) in [6.07, 6.45) is 0. The van der Waals surface area contributed by atoms with E-state index in [2.05, 4.69) is 0 Å². The normalized spacial score (nSPS) is 11.1. The van der Waals surface area contributed by atoms with Crippen molar-refractivity contribution in [1.29, 1.82) is 0 Å². The van der Waals surface area contributed by atoms with Gasteiger partial charge in [-0.3, -0.25) is 4.79 Å². The molecule has 0 radical (unpaired) electrons. The molecule has 1 N–H and O–H groups in total. The Balaban J connectivity index is 2.85. The molecule has 0 saturated carbocycles. The van der Waals surface area contributed by atoms with Crippen LogP contribution in [0.15, 0.2) is 29.2 Å². The van der Waals surface area contributed by atoms with Crippen LogP contribution in [0.3, 0.4) is 0 Å². The Morgan fingerprint density at radius 2 is 2.13 bits per heavy atom. The van der Waals surface area contributed by atoms with Crippen LogP contribution in [-0.4, -0.2) is 22.9 Å². The number of carboxylic acids is 1. The van der Waals surface area contributed by atoms with E-state index in [0.29, 0.717) is 0 Å². The fourth-order valence-corrected chi connectivity index (χ4v) is 2.00. The van der Waals surface area contributed by atoms with Gasteiger partial charge in [0.25, 0.3) is 0 Å². The van der Waals surface area contributed by atoms with Gasteiger partial charge in [0.05, 0.1) is 7.11 Å². The van der Waals surface area contributed by atoms with Gasteiger partial charge in [0.2, 0.25) is 0 Å². The molecule has 1 rings (SSSR count). The van der Waals surface area contributed by atoms with E-state index >= 15 is 0 Å². The van der Waals surface area contributed by atoms with Crippen LogP contribution in [0.1, 0.15) is 13.8 Å². The number of carbonyl (C=O) groups is 1. The molecule has 4 heteroatoms. The number of rotatable bonds is 4. The first kappa shape index (κ1) is 11.9. The molecule has 3 nitrogen and oxygen atoms in total. The average Bonchev–Trinajstić information content (AvgIpc) is 2.17. The number of hydrogen-bond acceptors (Lipinski definition) is 3. The molecule has 0 aliphatic carbocycles. The second-order valence-electron chi connectivity index (χ2n) is 3.60. The summed E-state index contributed by atoms with van der Waals surface area (Å²) in [5, 5.41) is 8.98. The van der Waals surface area contributed by atoms with Gasteiger partial charge in [-0.05, 0) is 32.0 Å². The molecule has 0 spiro atoms. The van der Waals surface area contributed by atoms with Crippen molar-refractivity contribution >= 4 is 17.7 Å². The van der Waals surface area contributed by atoms with Gasteiger partial charge in [-0.25, -0.2) is 0 Å². The van der Waals surface area contributed by atoms with Crippen molar-refractivity contribution < 1.29 is 14.6 Å². The minimum absolute atomic E-state index is 0.737. The maximum atomic E-state index is 10.9. The van der Waals surface area contributed by atoms with E-state index in [9.17, 15) is 4.79 Å². The monoisotopic (exact) mass is 226 g/mol. The summed E-state index contributed by atoms with van der Waals surface area (Å²) in [6.45, 7) is 3.36. The molecule has 0 unspecified atom stereocenters. The number of ether oxygens (including phenoxy) is 1. The minimum Gasteiger partial charge on any atom is -0.497 e. The second kappa shape index (κ2) is 4.57. The molecule has 0 fully saturated rings. The van der Waals surface area contributed by atoms with Crippen molar-refractivity contribution in [3.63, 3.8) is 0 Å². The SMILES string of the molecule is COc1cccc(SC(C)(C)C(=O)O)c1. The largest absolute Gasteiger partial charge is 0.497 e. The van der Waals surface area contributed by atoms with Gasteiger partial charge in [-0.1, -0.05) is 6.07 Å². The first-order valence-electron chi connectivity index (χ1n) is 4.52. The van der Waals surface area contributed by atoms with Gasteiger partial charge >= 0.3 is 5.97 Å². The predicted octanol–water partition coefficient (Wildman–Crippen LogP) is 2.65. The first-order chi connectivity index (χ1) is 6.95. The zero-order valence-corrected chi connectivity index (χ0v) is 9.80. The van der Waals surface area contributed by atoms with Crippen LogP contribution >= 0.6 is 11.8 Å². The highest BCUT2D eigenvalue weighted by Gasteiger charge is 2.28. The van der Waals surface area contributed by atoms with Crippen LogP contribution in [0.4, 0.5) is 0 Å². The molecule has 0 heterocycles. The maximum Gasteiger partial charge on any atom is 0.319 e. The fourth-order valence-electron chi connectivity index (χ4n) is 1.00. The summed E-state index contributed by atoms with van der Waals surface area (Å²) in [5.41, 5.74) is 0. The number of hydrogen-bond donors (Lipinski definition) is 1. The molecular weight excluding hydrogens is 212 g/mol. The molecular formula is C11H14O3S. The third kappa shape index (κ3) is 3.16. The Bertz CT molecular complexity index is 361. The average molecular weight is 226 g/mol. The summed E-state index contributed by atoms with van der Waals surface area (Å²) < 4.78 is 4.24. The van der Waals surface area contributed by atoms with Crippen molar-refractivity contribution in [2.24, 2.45) is 0 Å². The molecule has 0 aliphatic rings. The number of benzene rings is 1. The molecule has 0 atom stereocenters. The summed E-state index contributed by atoms with van der Waals surface area (Å²) in [6, 6.07) is 7.38. The van der Waals surface area contributed by atoms with E-state index in [1.165, 1.54) is 11.8 Å². The highest BCUT2D eigenvalue weighted by Crippen LogP contribution is 2.34. The maximum absolute atomic E-state index is 10.9. The highest BCUT2D eigenvalue weighted by atomic mass is 32.2. The molecule has 1 aromatic rings. The van der Waals surface area contributed by atoms with Gasteiger partial charge in [-0.2, -0.15) is 0 Å². The van der Waals surface area contributed by atoms with E-state index in [1.54, 1.807) is 21.0 Å². The van der Waals surface area contributed by atoms with Gasteiger partial charge in [-0.15, -0.1) is 11.8 Å². The van der Waals surface area contributed by atoms with Crippen LogP contribution in [-0.2, 0) is 4.79 Å². The summed E-state index contributed by atoms with van der Waals surface area (Å²) in [5.74, 6) is -0.0866. The molecule has 0 amide bonds. The Kier molecular flexibility index (Phi) is 3.63. The van der Waals surface area contributed by atoms with Crippen molar-refractivity contribution in [3.8, 4) is 5.75 Å². The molecule has 0 aliphatic heterocycles. The third-order valence-electron chi connectivity index (χ3n) is 1.93. The zero-order chi connectivity index (χ0) is 11.5. The molecule has 0 aromatic heterocycles. The van der Waals surface area contributed by atoms with Crippen LogP contribution in [0, 0.1) is 0 Å². The molecule has 0 saturated heterocycles. The molecule has 0 bridgehead atoms. The van der Waals surface area contributed by atoms with Crippen molar-refractivity contribution in [2.75, 3.05) is 7.11 Å². The summed E-state index contributed by atoms with van der Waals surface area (Å²) in [4.78, 5) is 11.8. The lowest BCUT2D eigenvalue weighted by Gasteiger charge is -2.18. The fraction of sp³-hybridized carbons (Fsp3) is 0.364. The Morgan fingerprint density at radius 3 is 2.67 bits per heavy atom. The first-order valence-corrected chi connectivity index (χ1v) is 5.34. The highest BCUT2D eigenvalue weighted by molar-refractivity contribution is 8.01. The summed E-state index contributed by atoms with van der Waals surface area (Å²) in [7, 11) is 1.59. The smallest absolute Gasteiger partial charge is 0.319 e. The lowest BCUT2D eigenvalue weighted by molar-refractivity contribution is -0.138. The van der Waals surface area contributed by atoms with Crippen LogP contribution < -0.4 is 4.74 Å². The van der Waals surface area contributed by atoms with Crippen LogP contribution in [0.25, 0.3) is 0 Å². The second-order valence-corrected chi connectivity index (χ2v) is 5.29. The van der Waals surface area contributed by atoms with Crippen LogP contribution in [0.2, 0.25) is 0 Å². The Hall–Kier alpha value is -1.16. The quantitative estimate of drug-likeness (QED) is 0.802. The topological polar surface area (TPSA) is 46.5 Å². The van der Waals surface area contributed by atoms with Crippen molar-refractivity contribution in [2.45, 2.75) is 23.5 Å². The summed E-state index contributed by atoms with van der Waals surface area (Å²) >= 11 is 1.30. The van der Waals surface area contributed by atoms with Gasteiger partial charge in [0.15, 0.2) is 0 Å². The molecule has 15 heavy (non-hydrogen) atoms. The number of thioether (sulfide) groups is 1. The van der Waals surface area contributed by atoms with Crippen LogP contribution in [0.5, 0.6) is 5.75 Å². The van der Waals surface area contributed by atoms with E-state index in [1.807, 2.05) is 24.3 Å². The standard InChI is InChI=1S/C11H14O3S/c1-11(2,10(12)13)15-9-6-4-5-8(7-9)14-3/h4-7H,1-3H3,(H,12,13). The Morgan fingerprint density at radius 1 is 1.47 bits per heavy atom. The van der Waals surface area contributed by atoms with E-state index in [-0.39, 0.29) is 0 Å². The number of methoxy groups -OCH3 is 1. The third-order valence-corrected chi connectivity index (χ3v) is 3.10. The van der Waals surface area contributed by atoms with E-state index in [0.717, 1.165) is 10.6 Å². The minimum atomic E-state index is -0.827. The zero-order valence-electron chi connectivity index (χ0n) is 8.98. The van der Waals surface area contributed by atoms with Gasteiger partial charge < -0.3 is 9.84 Å². The van der Waals surface area contributed by atoms with E-state index < -0.39 is 10.7 Å². The van der Waals surface area contributed by atoms with Crippen molar-refractivity contribution in [1.82, 2.24) is 0 Å². The predicted molar refractivity (Wildman–Crippen MR) is 60.6 cm³/mol. The lowest BCUT2D eigenvalue weighted by atomic mass is 10.2. The lowest BCUT2D eigenvalue weighted by Crippen LogP contribution is -2.26. The molecule has 1 aromatic carbocycles. The van der Waals surface area contributed by atoms with Gasteiger partial charge in [0, 0.05) is 4.90 Å². The van der Waals surface area contributed by atoms with E-state index in [4.69, 9.17) is 9.84 Å². The number of aliphatic carboxylic acids is 1.